The van der Waals surface area contributed by atoms with Crippen molar-refractivity contribution in [3.63, 3.8) is 0 Å². The van der Waals surface area contributed by atoms with Crippen LogP contribution in [-0.4, -0.2) is 47.0 Å². The normalized spacial score (nSPS) is 17.5. The Morgan fingerprint density at radius 1 is 1.29 bits per heavy atom. The molecule has 0 aromatic heterocycles. The SMILES string of the molecule is NC(=O)c1ccc(OCC(=O)N2CCC[C@H]2C(=O)O)cc1. The number of amides is 2. The molecule has 1 aliphatic rings. The number of aliphatic carboxylic acids is 1. The third kappa shape index (κ3) is 3.50. The standard InChI is InChI=1S/C14H16N2O5/c15-13(18)9-3-5-10(6-4-9)21-8-12(17)16-7-1-2-11(16)14(19)20/h3-6,11H,1-2,7-8H2,(H2,15,18)(H,19,20)/t11-/m0/s1. The van der Waals surface area contributed by atoms with Crippen LogP contribution in [-0.2, 0) is 9.59 Å². The molecule has 0 spiro atoms. The summed E-state index contributed by atoms with van der Waals surface area (Å²) in [6.07, 6.45) is 1.14. The molecule has 0 radical (unpaired) electrons. The van der Waals surface area contributed by atoms with E-state index in [2.05, 4.69) is 0 Å². The van der Waals surface area contributed by atoms with Crippen LogP contribution in [0.5, 0.6) is 5.75 Å². The highest BCUT2D eigenvalue weighted by Gasteiger charge is 2.33. The molecule has 1 saturated heterocycles. The Kier molecular flexibility index (Phi) is 4.42. The van der Waals surface area contributed by atoms with Crippen LogP contribution >= 0.6 is 0 Å². The van der Waals surface area contributed by atoms with E-state index in [-0.39, 0.29) is 12.5 Å². The second kappa shape index (κ2) is 6.25. The molecule has 3 N–H and O–H groups in total. The number of hydrogen-bond acceptors (Lipinski definition) is 4. The fraction of sp³-hybridized carbons (Fsp3) is 0.357. The van der Waals surface area contributed by atoms with E-state index >= 15 is 0 Å². The van der Waals surface area contributed by atoms with Gasteiger partial charge < -0.3 is 20.5 Å². The third-order valence-electron chi connectivity index (χ3n) is 3.36. The highest BCUT2D eigenvalue weighted by Crippen LogP contribution is 2.18. The smallest absolute Gasteiger partial charge is 0.326 e. The Labute approximate surface area is 121 Å². The highest BCUT2D eigenvalue weighted by molar-refractivity contribution is 5.92. The Bertz CT molecular complexity index is 555. The summed E-state index contributed by atoms with van der Waals surface area (Å²) in [6, 6.07) is 5.30. The van der Waals surface area contributed by atoms with E-state index in [1.807, 2.05) is 0 Å². The Morgan fingerprint density at radius 2 is 1.95 bits per heavy atom. The molecule has 2 amide bonds. The predicted molar refractivity (Wildman–Crippen MR) is 72.8 cm³/mol. The summed E-state index contributed by atoms with van der Waals surface area (Å²) >= 11 is 0. The van der Waals surface area contributed by atoms with E-state index in [9.17, 15) is 14.4 Å². The van der Waals surface area contributed by atoms with Crippen molar-refractivity contribution in [2.45, 2.75) is 18.9 Å². The summed E-state index contributed by atoms with van der Waals surface area (Å²) in [4.78, 5) is 35.2. The van der Waals surface area contributed by atoms with Gasteiger partial charge in [-0.25, -0.2) is 4.79 Å². The number of carboxylic acid groups (broad SMARTS) is 1. The molecule has 1 aromatic carbocycles. The van der Waals surface area contributed by atoms with Gasteiger partial charge >= 0.3 is 5.97 Å². The number of carbonyl (C=O) groups is 3. The second-order valence-electron chi connectivity index (χ2n) is 4.76. The van der Waals surface area contributed by atoms with E-state index in [4.69, 9.17) is 15.6 Å². The molecule has 0 saturated carbocycles. The van der Waals surface area contributed by atoms with Gasteiger partial charge in [-0.05, 0) is 37.1 Å². The van der Waals surface area contributed by atoms with Crippen molar-refractivity contribution in [2.24, 2.45) is 5.73 Å². The van der Waals surface area contributed by atoms with Crippen LogP contribution in [0, 0.1) is 0 Å². The van der Waals surface area contributed by atoms with Gasteiger partial charge in [0.2, 0.25) is 5.91 Å². The van der Waals surface area contributed by atoms with Gasteiger partial charge in [0.1, 0.15) is 11.8 Å². The van der Waals surface area contributed by atoms with E-state index in [1.165, 1.54) is 29.2 Å². The largest absolute Gasteiger partial charge is 0.484 e. The molecular weight excluding hydrogens is 276 g/mol. The summed E-state index contributed by atoms with van der Waals surface area (Å²) in [5, 5.41) is 9.02. The highest BCUT2D eigenvalue weighted by atomic mass is 16.5. The quantitative estimate of drug-likeness (QED) is 0.807. The van der Waals surface area contributed by atoms with Crippen molar-refractivity contribution < 1.29 is 24.2 Å². The Hall–Kier alpha value is -2.57. The molecule has 1 fully saturated rings. The van der Waals surface area contributed by atoms with Crippen LogP contribution in [0.15, 0.2) is 24.3 Å². The summed E-state index contributed by atoms with van der Waals surface area (Å²) in [5.41, 5.74) is 5.46. The first-order valence-electron chi connectivity index (χ1n) is 6.54. The maximum absolute atomic E-state index is 12.0. The molecule has 7 nitrogen and oxygen atoms in total. The van der Waals surface area contributed by atoms with Crippen LogP contribution in [0.3, 0.4) is 0 Å². The van der Waals surface area contributed by atoms with Crippen molar-refractivity contribution >= 4 is 17.8 Å². The van der Waals surface area contributed by atoms with E-state index < -0.39 is 17.9 Å². The molecule has 1 aliphatic heterocycles. The zero-order valence-electron chi connectivity index (χ0n) is 11.3. The summed E-state index contributed by atoms with van der Waals surface area (Å²) < 4.78 is 5.31. The number of ether oxygens (including phenoxy) is 1. The first-order valence-corrected chi connectivity index (χ1v) is 6.54. The monoisotopic (exact) mass is 292 g/mol. The van der Waals surface area contributed by atoms with Gasteiger partial charge in [-0.1, -0.05) is 0 Å². The average molecular weight is 292 g/mol. The molecule has 0 unspecified atom stereocenters. The number of carboxylic acids is 1. The van der Waals surface area contributed by atoms with E-state index in [0.717, 1.165) is 0 Å². The molecule has 7 heteroatoms. The van der Waals surface area contributed by atoms with Crippen molar-refractivity contribution in [1.29, 1.82) is 0 Å². The van der Waals surface area contributed by atoms with Crippen LogP contribution < -0.4 is 10.5 Å². The minimum atomic E-state index is -0.994. The van der Waals surface area contributed by atoms with E-state index in [1.54, 1.807) is 0 Å². The minimum absolute atomic E-state index is 0.236. The number of carbonyl (C=O) groups excluding carboxylic acids is 2. The molecule has 2 rings (SSSR count). The third-order valence-corrected chi connectivity index (χ3v) is 3.36. The topological polar surface area (TPSA) is 110 Å². The van der Waals surface area contributed by atoms with Crippen LogP contribution in [0.1, 0.15) is 23.2 Å². The lowest BCUT2D eigenvalue weighted by atomic mass is 10.2. The predicted octanol–water partition coefficient (Wildman–Crippen LogP) is 0.240. The second-order valence-corrected chi connectivity index (χ2v) is 4.76. The zero-order chi connectivity index (χ0) is 15.4. The summed E-state index contributed by atoms with van der Waals surface area (Å²) in [7, 11) is 0. The molecular formula is C14H16N2O5. The lowest BCUT2D eigenvalue weighted by Crippen LogP contribution is -2.42. The maximum Gasteiger partial charge on any atom is 0.326 e. The number of nitrogens with zero attached hydrogens (tertiary/aromatic N) is 1. The fourth-order valence-corrected chi connectivity index (χ4v) is 2.27. The molecule has 1 aromatic rings. The van der Waals surface area contributed by atoms with Gasteiger partial charge in [0.05, 0.1) is 0 Å². The number of likely N-dealkylation sites (tertiary alicyclic amines) is 1. The molecule has 1 atom stereocenters. The lowest BCUT2D eigenvalue weighted by Gasteiger charge is -2.21. The number of nitrogens with two attached hydrogens (primary N) is 1. The van der Waals surface area contributed by atoms with E-state index in [0.29, 0.717) is 30.7 Å². The van der Waals surface area contributed by atoms with Gasteiger partial charge in [0.15, 0.2) is 6.61 Å². The number of primary amides is 1. The Morgan fingerprint density at radius 3 is 2.52 bits per heavy atom. The number of benzene rings is 1. The average Bonchev–Trinajstić information content (AvgIpc) is 2.95. The maximum atomic E-state index is 12.0. The Balaban J connectivity index is 1.91. The fourth-order valence-electron chi connectivity index (χ4n) is 2.27. The lowest BCUT2D eigenvalue weighted by molar-refractivity contribution is -0.148. The van der Waals surface area contributed by atoms with Gasteiger partial charge in [0.25, 0.3) is 5.91 Å². The van der Waals surface area contributed by atoms with Crippen LogP contribution in [0.25, 0.3) is 0 Å². The molecule has 112 valence electrons. The first kappa shape index (κ1) is 14.8. The first-order chi connectivity index (χ1) is 9.99. The van der Waals surface area contributed by atoms with Crippen LogP contribution in [0.4, 0.5) is 0 Å². The summed E-state index contributed by atoms with van der Waals surface area (Å²) in [6.45, 7) is 0.194. The van der Waals surface area contributed by atoms with Gasteiger partial charge in [-0.2, -0.15) is 0 Å². The number of rotatable bonds is 5. The van der Waals surface area contributed by atoms with Gasteiger partial charge in [-0.15, -0.1) is 0 Å². The van der Waals surface area contributed by atoms with Crippen molar-refractivity contribution in [3.8, 4) is 5.75 Å². The summed E-state index contributed by atoms with van der Waals surface area (Å²) in [5.74, 6) is -1.48. The zero-order valence-corrected chi connectivity index (χ0v) is 11.3. The number of hydrogen-bond donors (Lipinski definition) is 2. The molecule has 1 heterocycles. The van der Waals surface area contributed by atoms with Crippen molar-refractivity contribution in [3.05, 3.63) is 29.8 Å². The molecule has 0 bridgehead atoms. The van der Waals surface area contributed by atoms with Crippen molar-refractivity contribution in [2.75, 3.05) is 13.2 Å². The van der Waals surface area contributed by atoms with Crippen LogP contribution in [0.2, 0.25) is 0 Å². The molecule has 0 aliphatic carbocycles. The van der Waals surface area contributed by atoms with Gasteiger partial charge in [-0.3, -0.25) is 9.59 Å². The van der Waals surface area contributed by atoms with Gasteiger partial charge in [0, 0.05) is 12.1 Å². The van der Waals surface area contributed by atoms with Crippen molar-refractivity contribution in [1.82, 2.24) is 4.90 Å². The minimum Gasteiger partial charge on any atom is -0.484 e. The molecule has 21 heavy (non-hydrogen) atoms.